The Balaban J connectivity index is 0.00000364. The molecule has 10 heteroatoms. The van der Waals surface area contributed by atoms with Gasteiger partial charge in [0.25, 0.3) is 0 Å². The summed E-state index contributed by atoms with van der Waals surface area (Å²) in [6.07, 6.45) is -2.61. The van der Waals surface area contributed by atoms with Crippen molar-refractivity contribution >= 4 is 35.6 Å². The Morgan fingerprint density at radius 2 is 1.89 bits per heavy atom. The Hall–Kier alpha value is -1.27. The number of halogens is 4. The number of aliphatic imine (C=N–C) groups is 1. The van der Waals surface area contributed by atoms with Crippen LogP contribution >= 0.6 is 24.0 Å². The third kappa shape index (κ3) is 10.0. The summed E-state index contributed by atoms with van der Waals surface area (Å²) < 4.78 is 40.2. The van der Waals surface area contributed by atoms with Crippen LogP contribution in [0.4, 0.5) is 18.9 Å². The summed E-state index contributed by atoms with van der Waals surface area (Å²) in [5.41, 5.74) is 6.37. The van der Waals surface area contributed by atoms with E-state index in [1.54, 1.807) is 0 Å². The lowest BCUT2D eigenvalue weighted by Crippen LogP contribution is -2.30. The van der Waals surface area contributed by atoms with Gasteiger partial charge in [0.1, 0.15) is 5.75 Å². The van der Waals surface area contributed by atoms with Crippen molar-refractivity contribution in [1.82, 2.24) is 9.80 Å². The molecule has 1 fully saturated rings. The van der Waals surface area contributed by atoms with Gasteiger partial charge in [-0.3, -0.25) is 4.99 Å². The minimum atomic E-state index is -4.70. The average molecular weight is 501 g/mol. The molecule has 0 aliphatic carbocycles. The van der Waals surface area contributed by atoms with Crippen LogP contribution in [-0.2, 0) is 0 Å². The van der Waals surface area contributed by atoms with E-state index in [1.165, 1.54) is 30.7 Å². The summed E-state index contributed by atoms with van der Waals surface area (Å²) >= 11 is 0. The van der Waals surface area contributed by atoms with Crippen molar-refractivity contribution in [2.75, 3.05) is 51.6 Å². The highest BCUT2D eigenvalue weighted by Gasteiger charge is 2.30. The zero-order valence-electron chi connectivity index (χ0n) is 15.3. The van der Waals surface area contributed by atoms with Crippen LogP contribution in [0.25, 0.3) is 0 Å². The third-order valence-electron chi connectivity index (χ3n) is 4.09. The molecule has 154 valence electrons. The molecular weight excluding hydrogens is 474 g/mol. The second kappa shape index (κ2) is 11.5. The van der Waals surface area contributed by atoms with Gasteiger partial charge in [-0.2, -0.15) is 0 Å². The van der Waals surface area contributed by atoms with E-state index < -0.39 is 6.36 Å². The number of likely N-dealkylation sites (N-methyl/N-ethyl adjacent to an activating group) is 1. The van der Waals surface area contributed by atoms with Gasteiger partial charge in [-0.05, 0) is 63.8 Å². The summed E-state index contributed by atoms with van der Waals surface area (Å²) in [5.74, 6) is -0.0354. The molecule has 1 heterocycles. The molecule has 1 aliphatic rings. The van der Waals surface area contributed by atoms with Crippen LogP contribution in [0.15, 0.2) is 29.3 Å². The number of guanidine groups is 1. The normalized spacial score (nSPS) is 17.1. The Bertz CT molecular complexity index is 583. The molecule has 0 spiro atoms. The van der Waals surface area contributed by atoms with Gasteiger partial charge in [-0.25, -0.2) is 0 Å². The van der Waals surface area contributed by atoms with Crippen molar-refractivity contribution in [3.05, 3.63) is 24.3 Å². The molecule has 1 aliphatic heterocycles. The van der Waals surface area contributed by atoms with E-state index in [9.17, 15) is 13.2 Å². The van der Waals surface area contributed by atoms with E-state index in [4.69, 9.17) is 5.73 Å². The summed E-state index contributed by atoms with van der Waals surface area (Å²) in [4.78, 5) is 9.03. The van der Waals surface area contributed by atoms with Crippen molar-refractivity contribution in [3.8, 4) is 5.75 Å². The molecular formula is C17H27F3IN5O. The lowest BCUT2D eigenvalue weighted by Gasteiger charge is -2.19. The predicted molar refractivity (Wildman–Crippen MR) is 112 cm³/mol. The number of nitrogens with two attached hydrogens (primary N) is 1. The molecule has 0 aromatic heterocycles. The van der Waals surface area contributed by atoms with Crippen molar-refractivity contribution in [3.63, 3.8) is 0 Å². The first-order chi connectivity index (χ1) is 12.3. The van der Waals surface area contributed by atoms with E-state index >= 15 is 0 Å². The van der Waals surface area contributed by atoms with Gasteiger partial charge < -0.3 is 25.6 Å². The molecule has 1 aromatic rings. The lowest BCUT2D eigenvalue weighted by molar-refractivity contribution is -0.274. The Morgan fingerprint density at radius 1 is 1.19 bits per heavy atom. The Morgan fingerprint density at radius 3 is 2.56 bits per heavy atom. The zero-order chi connectivity index (χ0) is 19.0. The number of nitrogens with one attached hydrogen (secondary N) is 1. The number of hydrogen-bond acceptors (Lipinski definition) is 4. The summed E-state index contributed by atoms with van der Waals surface area (Å²) in [6, 6.07) is 5.35. The molecule has 0 saturated carbocycles. The molecule has 0 bridgehead atoms. The fourth-order valence-corrected chi connectivity index (χ4v) is 2.74. The molecule has 3 N–H and O–H groups in total. The van der Waals surface area contributed by atoms with Crippen LogP contribution in [0.2, 0.25) is 0 Å². The number of benzene rings is 1. The predicted octanol–water partition coefficient (Wildman–Crippen LogP) is 2.96. The fraction of sp³-hybridized carbons (Fsp3) is 0.588. The highest BCUT2D eigenvalue weighted by Crippen LogP contribution is 2.23. The van der Waals surface area contributed by atoms with E-state index in [0.717, 1.165) is 39.1 Å². The van der Waals surface area contributed by atoms with Crippen molar-refractivity contribution in [1.29, 1.82) is 0 Å². The quantitative estimate of drug-likeness (QED) is 0.272. The SMILES string of the molecule is CN1CCCN(CCCN=C(N)Nc2ccc(OC(F)(F)F)cc2)CC1.I. The van der Waals surface area contributed by atoms with Gasteiger partial charge in [-0.15, -0.1) is 37.1 Å². The highest BCUT2D eigenvalue weighted by atomic mass is 127. The molecule has 2 rings (SSSR count). The molecule has 0 unspecified atom stereocenters. The van der Waals surface area contributed by atoms with Crippen molar-refractivity contribution in [2.45, 2.75) is 19.2 Å². The average Bonchev–Trinajstić information content (AvgIpc) is 2.77. The number of anilines is 1. The third-order valence-corrected chi connectivity index (χ3v) is 4.09. The molecule has 0 amide bonds. The summed E-state index contributed by atoms with van der Waals surface area (Å²) in [5, 5.41) is 2.86. The van der Waals surface area contributed by atoms with Crippen molar-refractivity contribution in [2.24, 2.45) is 10.7 Å². The maximum Gasteiger partial charge on any atom is 0.573 e. The summed E-state index contributed by atoms with van der Waals surface area (Å²) in [7, 11) is 2.14. The van der Waals surface area contributed by atoms with Gasteiger partial charge >= 0.3 is 6.36 Å². The van der Waals surface area contributed by atoms with Crippen molar-refractivity contribution < 1.29 is 17.9 Å². The molecule has 0 radical (unpaired) electrons. The van der Waals surface area contributed by atoms with Gasteiger partial charge in [-0.1, -0.05) is 0 Å². The zero-order valence-corrected chi connectivity index (χ0v) is 17.7. The van der Waals surface area contributed by atoms with E-state index in [0.29, 0.717) is 12.2 Å². The molecule has 1 aromatic carbocycles. The summed E-state index contributed by atoms with van der Waals surface area (Å²) in [6.45, 7) is 5.97. The minimum Gasteiger partial charge on any atom is -0.406 e. The molecule has 1 saturated heterocycles. The van der Waals surface area contributed by atoms with Crippen LogP contribution in [0.1, 0.15) is 12.8 Å². The first-order valence-corrected chi connectivity index (χ1v) is 8.65. The number of alkyl halides is 3. The van der Waals surface area contributed by atoms with Gasteiger partial charge in [0, 0.05) is 25.3 Å². The van der Waals surface area contributed by atoms with Crippen LogP contribution in [-0.4, -0.2) is 68.4 Å². The highest BCUT2D eigenvalue weighted by molar-refractivity contribution is 14.0. The first kappa shape index (κ1) is 23.8. The lowest BCUT2D eigenvalue weighted by atomic mass is 10.3. The fourth-order valence-electron chi connectivity index (χ4n) is 2.74. The monoisotopic (exact) mass is 501 g/mol. The second-order valence-corrected chi connectivity index (χ2v) is 6.32. The minimum absolute atomic E-state index is 0. The number of hydrogen-bond donors (Lipinski definition) is 2. The Kier molecular flexibility index (Phi) is 10.2. The second-order valence-electron chi connectivity index (χ2n) is 6.32. The topological polar surface area (TPSA) is 66.1 Å². The molecule has 0 atom stereocenters. The first-order valence-electron chi connectivity index (χ1n) is 8.65. The van der Waals surface area contributed by atoms with Gasteiger partial charge in [0.05, 0.1) is 0 Å². The number of nitrogens with zero attached hydrogens (tertiary/aromatic N) is 3. The Labute approximate surface area is 174 Å². The van der Waals surface area contributed by atoms with Crippen LogP contribution in [0.3, 0.4) is 0 Å². The number of ether oxygens (including phenoxy) is 1. The standard InChI is InChI=1S/C17H26F3N5O.HI/c1-24-9-3-11-25(13-12-24)10-2-8-22-16(21)23-14-4-6-15(7-5-14)26-17(18,19)20;/h4-7H,2-3,8-13H2,1H3,(H3,21,22,23);1H. The van der Waals surface area contributed by atoms with Crippen LogP contribution < -0.4 is 15.8 Å². The van der Waals surface area contributed by atoms with Gasteiger partial charge in [0.15, 0.2) is 5.96 Å². The largest absolute Gasteiger partial charge is 0.573 e. The van der Waals surface area contributed by atoms with Crippen LogP contribution in [0.5, 0.6) is 5.75 Å². The van der Waals surface area contributed by atoms with E-state index in [-0.39, 0.29) is 35.7 Å². The van der Waals surface area contributed by atoms with E-state index in [2.05, 4.69) is 31.9 Å². The number of rotatable bonds is 6. The smallest absolute Gasteiger partial charge is 0.406 e. The maximum absolute atomic E-state index is 12.1. The van der Waals surface area contributed by atoms with Crippen LogP contribution in [0, 0.1) is 0 Å². The molecule has 27 heavy (non-hydrogen) atoms. The van der Waals surface area contributed by atoms with E-state index in [1.807, 2.05) is 0 Å². The maximum atomic E-state index is 12.1. The molecule has 6 nitrogen and oxygen atoms in total. The van der Waals surface area contributed by atoms with Gasteiger partial charge in [0.2, 0.25) is 0 Å².